The van der Waals surface area contributed by atoms with Gasteiger partial charge in [0.05, 0.1) is 0 Å². The highest BCUT2D eigenvalue weighted by atomic mass is 32.3. The molecule has 4 heteroatoms. The van der Waals surface area contributed by atoms with Crippen LogP contribution in [-0.2, 0) is 0 Å². The quantitative estimate of drug-likeness (QED) is 0.675. The summed E-state index contributed by atoms with van der Waals surface area (Å²) in [5.41, 5.74) is 0. The minimum atomic E-state index is -0.407. The van der Waals surface area contributed by atoms with Crippen LogP contribution in [0.4, 0.5) is 0 Å². The maximum atomic E-state index is 2.46. The van der Waals surface area contributed by atoms with Gasteiger partial charge in [-0.2, -0.15) is 21.8 Å². The Morgan fingerprint density at radius 3 is 2.83 bits per heavy atom. The molecule has 1 aromatic rings. The van der Waals surface area contributed by atoms with Gasteiger partial charge >= 0.3 is 0 Å². The lowest BCUT2D eigenvalue weighted by atomic mass is 10.4. The van der Waals surface area contributed by atoms with E-state index in [-0.39, 0.29) is 10.0 Å². The van der Waals surface area contributed by atoms with Gasteiger partial charge in [0.15, 0.2) is 0 Å². The van der Waals surface area contributed by atoms with Crippen LogP contribution in [-0.4, -0.2) is 38.3 Å². The molecule has 3 aliphatic heterocycles. The highest BCUT2D eigenvalue weighted by Crippen LogP contribution is 2.78. The number of hydrogen-bond donors (Lipinski definition) is 0. The fourth-order valence-electron chi connectivity index (χ4n) is 3.38. The van der Waals surface area contributed by atoms with Crippen molar-refractivity contribution in [3.8, 4) is 0 Å². The first-order valence-corrected chi connectivity index (χ1v) is 13.2. The molecule has 0 amide bonds. The largest absolute Gasteiger partial charge is 0.223 e. The third kappa shape index (κ3) is 1.87. The lowest BCUT2D eigenvalue weighted by Gasteiger charge is -2.41. The van der Waals surface area contributed by atoms with Gasteiger partial charge < -0.3 is 0 Å². The van der Waals surface area contributed by atoms with Crippen molar-refractivity contribution in [1.82, 2.24) is 0 Å². The summed E-state index contributed by atoms with van der Waals surface area (Å²) in [4.78, 5) is 3.40. The number of fused-ring (bicyclic) bond motifs is 2. The van der Waals surface area contributed by atoms with Gasteiger partial charge in [-0.1, -0.05) is 12.1 Å². The van der Waals surface area contributed by atoms with Crippen LogP contribution in [0.1, 0.15) is 6.42 Å². The van der Waals surface area contributed by atoms with Crippen LogP contribution in [0.15, 0.2) is 34.1 Å². The van der Waals surface area contributed by atoms with Crippen molar-refractivity contribution >= 4 is 43.6 Å². The van der Waals surface area contributed by atoms with Gasteiger partial charge in [0, 0.05) is 25.0 Å². The summed E-state index contributed by atoms with van der Waals surface area (Å²) in [6.45, 7) is 0. The highest BCUT2D eigenvalue weighted by Gasteiger charge is 2.46. The molecule has 0 saturated carbocycles. The third-order valence-electron chi connectivity index (χ3n) is 4.34. The summed E-state index contributed by atoms with van der Waals surface area (Å²) >= 11 is 4.41. The van der Waals surface area contributed by atoms with Crippen molar-refractivity contribution < 1.29 is 0 Å². The molecular formula is C14H20S4. The molecule has 0 nitrogen and oxygen atoms in total. The lowest BCUT2D eigenvalue weighted by molar-refractivity contribution is 1.10. The molecule has 0 radical (unpaired) electrons. The van der Waals surface area contributed by atoms with Gasteiger partial charge in [0.25, 0.3) is 0 Å². The summed E-state index contributed by atoms with van der Waals surface area (Å²) < 4.78 is 0. The number of hydrogen-bond acceptors (Lipinski definition) is 2. The van der Waals surface area contributed by atoms with Crippen molar-refractivity contribution in [2.75, 3.05) is 38.3 Å². The first kappa shape index (κ1) is 12.4. The van der Waals surface area contributed by atoms with E-state index >= 15 is 0 Å². The predicted molar refractivity (Wildman–Crippen MR) is 92.0 cm³/mol. The molecule has 2 atom stereocenters. The molecule has 0 aromatic heterocycles. The Bertz CT molecular complexity index is 467. The SMILES string of the molecule is c1ccc2c(c1)SC[S@@]21CCS2(CCCSC2)C1. The minimum absolute atomic E-state index is 0.210. The molecule has 1 aromatic carbocycles. The van der Waals surface area contributed by atoms with Gasteiger partial charge in [0.2, 0.25) is 0 Å². The first-order valence-electron chi connectivity index (χ1n) is 6.62. The van der Waals surface area contributed by atoms with Crippen molar-refractivity contribution in [3.05, 3.63) is 24.3 Å². The molecule has 2 fully saturated rings. The van der Waals surface area contributed by atoms with E-state index in [1.165, 1.54) is 22.3 Å². The molecule has 4 rings (SSSR count). The van der Waals surface area contributed by atoms with Gasteiger partial charge in [-0.15, -0.1) is 11.8 Å². The Labute approximate surface area is 122 Å². The fourth-order valence-corrected chi connectivity index (χ4v) is 22.5. The highest BCUT2D eigenvalue weighted by molar-refractivity contribution is 8.56. The van der Waals surface area contributed by atoms with E-state index in [4.69, 9.17) is 0 Å². The maximum absolute atomic E-state index is 2.46. The fraction of sp³-hybridized carbons (Fsp3) is 0.571. The second-order valence-corrected chi connectivity index (χ2v) is 16.2. The molecule has 1 unspecified atom stereocenters. The number of thioether (sulfide) groups is 2. The number of benzene rings is 1. The topological polar surface area (TPSA) is 0 Å². The average Bonchev–Trinajstić information content (AvgIpc) is 2.95. The molecule has 100 valence electrons. The van der Waals surface area contributed by atoms with E-state index in [2.05, 4.69) is 47.8 Å². The van der Waals surface area contributed by atoms with Crippen LogP contribution < -0.4 is 0 Å². The molecular weight excluding hydrogens is 296 g/mol. The van der Waals surface area contributed by atoms with Crippen molar-refractivity contribution in [2.24, 2.45) is 0 Å². The monoisotopic (exact) mass is 316 g/mol. The first-order chi connectivity index (χ1) is 8.82. The lowest BCUT2D eigenvalue weighted by Crippen LogP contribution is -2.16. The Morgan fingerprint density at radius 2 is 1.94 bits per heavy atom. The van der Waals surface area contributed by atoms with Crippen molar-refractivity contribution in [1.29, 1.82) is 0 Å². The summed E-state index contributed by atoms with van der Waals surface area (Å²) in [5, 5.41) is 4.62. The second kappa shape index (κ2) is 4.57. The Kier molecular flexibility index (Phi) is 3.14. The van der Waals surface area contributed by atoms with E-state index in [0.717, 1.165) is 0 Å². The maximum Gasteiger partial charge on any atom is 0.0328 e. The molecule has 0 aliphatic carbocycles. The van der Waals surface area contributed by atoms with Crippen LogP contribution >= 0.6 is 43.6 Å². The predicted octanol–water partition coefficient (Wildman–Crippen LogP) is 4.78. The minimum Gasteiger partial charge on any atom is -0.223 e. The summed E-state index contributed by atoms with van der Waals surface area (Å²) in [5.74, 6) is 6.20. The summed E-state index contributed by atoms with van der Waals surface area (Å²) in [7, 11) is -0.617. The van der Waals surface area contributed by atoms with Crippen LogP contribution in [0.2, 0.25) is 0 Å². The van der Waals surface area contributed by atoms with Crippen LogP contribution in [0.25, 0.3) is 0 Å². The van der Waals surface area contributed by atoms with E-state index in [9.17, 15) is 0 Å². The molecule has 18 heavy (non-hydrogen) atoms. The van der Waals surface area contributed by atoms with E-state index in [0.29, 0.717) is 0 Å². The standard InChI is InChI=1S/C14H20S4/c1-2-5-14-13(4-1)16-11-18(14)9-8-17(12-18)7-3-6-15-10-17/h1-2,4-5H,3,6-12H2. The molecule has 3 heterocycles. The van der Waals surface area contributed by atoms with Crippen molar-refractivity contribution in [3.63, 3.8) is 0 Å². The third-order valence-corrected chi connectivity index (χ3v) is 19.2. The molecule has 0 bridgehead atoms. The molecule has 2 saturated heterocycles. The smallest absolute Gasteiger partial charge is 0.0328 e. The zero-order valence-corrected chi connectivity index (χ0v) is 13.9. The van der Waals surface area contributed by atoms with Crippen molar-refractivity contribution in [2.45, 2.75) is 16.2 Å². The van der Waals surface area contributed by atoms with E-state index < -0.39 is 10.0 Å². The van der Waals surface area contributed by atoms with Crippen LogP contribution in [0.5, 0.6) is 0 Å². The zero-order chi connectivity index (χ0) is 12.1. The zero-order valence-electron chi connectivity index (χ0n) is 10.6. The van der Waals surface area contributed by atoms with Gasteiger partial charge in [-0.05, 0) is 41.6 Å². The Morgan fingerprint density at radius 1 is 1.00 bits per heavy atom. The van der Waals surface area contributed by atoms with Gasteiger partial charge in [0.1, 0.15) is 0 Å². The van der Waals surface area contributed by atoms with Crippen LogP contribution in [0, 0.1) is 0 Å². The Balaban J connectivity index is 1.67. The van der Waals surface area contributed by atoms with Gasteiger partial charge in [-0.25, -0.2) is 10.0 Å². The Hall–Kier alpha value is 0.620. The summed E-state index contributed by atoms with van der Waals surface area (Å²) in [6, 6.07) is 9.31. The molecule has 2 spiro atoms. The van der Waals surface area contributed by atoms with E-state index in [1.54, 1.807) is 32.1 Å². The second-order valence-electron chi connectivity index (χ2n) is 5.59. The summed E-state index contributed by atoms with van der Waals surface area (Å²) in [6.07, 6.45) is 1.50. The average molecular weight is 317 g/mol. The normalized spacial score (nSPS) is 42.0. The molecule has 0 N–H and O–H groups in total. The van der Waals surface area contributed by atoms with Gasteiger partial charge in [-0.3, -0.25) is 0 Å². The van der Waals surface area contributed by atoms with Crippen LogP contribution in [0.3, 0.4) is 0 Å². The van der Waals surface area contributed by atoms with E-state index in [1.807, 2.05) is 0 Å². The number of rotatable bonds is 0. The molecule has 3 aliphatic rings.